The predicted octanol–water partition coefficient (Wildman–Crippen LogP) is 0.963. The average Bonchev–Trinajstić information content (AvgIpc) is 2.88. The lowest BCUT2D eigenvalue weighted by Gasteiger charge is -2.23. The number of likely N-dealkylation sites (N-methyl/N-ethyl adjacent to an activating group) is 1. The second-order valence-electron chi connectivity index (χ2n) is 5.19. The van der Waals surface area contributed by atoms with Crippen LogP contribution in [0.5, 0.6) is 0 Å². The van der Waals surface area contributed by atoms with Gasteiger partial charge in [-0.25, -0.2) is 13.0 Å². The van der Waals surface area contributed by atoms with E-state index in [4.69, 9.17) is 0 Å². The summed E-state index contributed by atoms with van der Waals surface area (Å²) in [5, 5.41) is 12.4. The predicted molar refractivity (Wildman–Crippen MR) is 88.5 cm³/mol. The lowest BCUT2D eigenvalue weighted by Crippen LogP contribution is -2.29. The molecule has 0 bridgehead atoms. The molecule has 0 aliphatic carbocycles. The average molecular weight is 368 g/mol. The Balaban J connectivity index is 2.02. The number of anilines is 1. The van der Waals surface area contributed by atoms with Gasteiger partial charge in [0, 0.05) is 23.9 Å². The van der Waals surface area contributed by atoms with Gasteiger partial charge in [-0.1, -0.05) is 10.2 Å². The molecule has 0 aliphatic heterocycles. The molecule has 1 heterocycles. The molecule has 0 atom stereocenters. The Kier molecular flexibility index (Phi) is 6.17. The number of hydrogen-bond donors (Lipinski definition) is 0. The fourth-order valence-electron chi connectivity index (χ4n) is 2.17. The van der Waals surface area contributed by atoms with Crippen molar-refractivity contribution in [3.63, 3.8) is 0 Å². The van der Waals surface area contributed by atoms with Crippen molar-refractivity contribution in [1.82, 2.24) is 9.67 Å². The third-order valence-electron chi connectivity index (χ3n) is 3.44. The molecule has 0 saturated heterocycles. The molecule has 0 radical (unpaired) electrons. The van der Waals surface area contributed by atoms with Crippen molar-refractivity contribution in [2.24, 2.45) is 24.3 Å². The molecule has 0 amide bonds. The minimum Gasteiger partial charge on any atom is -0.726 e. The molecule has 0 aliphatic rings. The van der Waals surface area contributed by atoms with Gasteiger partial charge in [-0.3, -0.25) is 4.18 Å². The topological polar surface area (TPSA) is 116 Å². The molecular formula is C14H20N6O4S. The molecule has 25 heavy (non-hydrogen) atoms. The molecule has 0 N–H and O–H groups in total. The van der Waals surface area contributed by atoms with Crippen molar-refractivity contribution in [2.45, 2.75) is 6.92 Å². The van der Waals surface area contributed by atoms with Crippen LogP contribution in [-0.2, 0) is 28.7 Å². The molecule has 1 aromatic heterocycles. The van der Waals surface area contributed by atoms with Crippen LogP contribution in [0.3, 0.4) is 0 Å². The van der Waals surface area contributed by atoms with E-state index in [0.717, 1.165) is 5.69 Å². The molecule has 0 saturated carbocycles. The second-order valence-corrected chi connectivity index (χ2v) is 6.24. The van der Waals surface area contributed by atoms with Gasteiger partial charge < -0.3 is 9.45 Å². The Morgan fingerprint density at radius 2 is 2.00 bits per heavy atom. The van der Waals surface area contributed by atoms with Gasteiger partial charge in [-0.05, 0) is 31.2 Å². The lowest BCUT2D eigenvalue weighted by atomic mass is 10.2. The Labute approximate surface area is 146 Å². The van der Waals surface area contributed by atoms with E-state index in [-0.39, 0.29) is 13.2 Å². The first kappa shape index (κ1) is 19.0. The highest BCUT2D eigenvalue weighted by Gasteiger charge is 2.12. The van der Waals surface area contributed by atoms with E-state index in [2.05, 4.69) is 19.5 Å². The molecule has 1 aromatic carbocycles. The zero-order chi connectivity index (χ0) is 18.4. The van der Waals surface area contributed by atoms with E-state index >= 15 is 0 Å². The highest BCUT2D eigenvalue weighted by Crippen LogP contribution is 2.21. The number of aryl methyl sites for hydroxylation is 2. The number of rotatable bonds is 8. The summed E-state index contributed by atoms with van der Waals surface area (Å²) in [6.07, 6.45) is 1.64. The maximum Gasteiger partial charge on any atom is 0.441 e. The molecule has 0 fully saturated rings. The first-order valence-corrected chi connectivity index (χ1v) is 8.88. The Bertz CT molecular complexity index is 812. The molecule has 136 valence electrons. The van der Waals surface area contributed by atoms with Crippen molar-refractivity contribution in [3.8, 4) is 0 Å². The van der Waals surface area contributed by atoms with Gasteiger partial charge in [0.25, 0.3) is 0 Å². The maximum atomic E-state index is 10.5. The van der Waals surface area contributed by atoms with Crippen molar-refractivity contribution in [1.29, 1.82) is 0 Å². The Hall–Kier alpha value is -2.37. The summed E-state index contributed by atoms with van der Waals surface area (Å²) in [5.74, 6) is 0.607. The number of aromatic nitrogens is 3. The van der Waals surface area contributed by atoms with Crippen LogP contribution >= 0.6 is 0 Å². The molecule has 10 nitrogen and oxygen atoms in total. The zero-order valence-electron chi connectivity index (χ0n) is 14.2. The second kappa shape index (κ2) is 8.14. The van der Waals surface area contributed by atoms with Crippen LogP contribution < -0.4 is 9.58 Å². The van der Waals surface area contributed by atoms with E-state index in [9.17, 15) is 13.0 Å². The van der Waals surface area contributed by atoms with E-state index in [0.29, 0.717) is 18.2 Å². The van der Waals surface area contributed by atoms with Crippen LogP contribution in [0, 0.1) is 0 Å². The van der Waals surface area contributed by atoms with Crippen LogP contribution in [0.2, 0.25) is 0 Å². The molecular weight excluding hydrogens is 348 g/mol. The number of nitrogens with zero attached hydrogens (tertiary/aromatic N) is 6. The minimum atomic E-state index is -4.67. The van der Waals surface area contributed by atoms with Crippen molar-refractivity contribution < 1.29 is 21.8 Å². The van der Waals surface area contributed by atoms with Crippen LogP contribution in [0.25, 0.3) is 0 Å². The van der Waals surface area contributed by atoms with Gasteiger partial charge in [-0.15, -0.1) is 4.68 Å². The Morgan fingerprint density at radius 3 is 2.52 bits per heavy atom. The first-order chi connectivity index (χ1) is 11.8. The van der Waals surface area contributed by atoms with E-state index in [1.807, 2.05) is 31.0 Å². The third kappa shape index (κ3) is 5.59. The molecule has 2 rings (SSSR count). The van der Waals surface area contributed by atoms with Crippen LogP contribution in [0.15, 0.2) is 40.8 Å². The standard InChI is InChI=1S/C14H20N6O4S/c1-4-20(9-10-24-25(21,22)23)13-7-5-12(6-8-13)16-17-14-18(2)11-15-19(14)3/h5-8,11H,4,9-10H2,1-3H3. The SMILES string of the molecule is CCN(CCOS(=O)(=O)[O-])c1ccc(N=Nc2n(C)cn[n+]2C)cc1. The quantitative estimate of drug-likeness (QED) is 0.297. The summed E-state index contributed by atoms with van der Waals surface area (Å²) >= 11 is 0. The number of azo groups is 1. The van der Waals surface area contributed by atoms with E-state index < -0.39 is 10.4 Å². The fraction of sp³-hybridized carbons (Fsp3) is 0.429. The van der Waals surface area contributed by atoms with E-state index in [1.54, 1.807) is 34.8 Å². The van der Waals surface area contributed by atoms with Gasteiger partial charge >= 0.3 is 5.95 Å². The molecule has 2 aromatic rings. The summed E-state index contributed by atoms with van der Waals surface area (Å²) in [5.41, 5.74) is 1.53. The Morgan fingerprint density at radius 1 is 1.32 bits per heavy atom. The highest BCUT2D eigenvalue weighted by atomic mass is 32.3. The van der Waals surface area contributed by atoms with Gasteiger partial charge in [0.15, 0.2) is 6.33 Å². The zero-order valence-corrected chi connectivity index (χ0v) is 15.0. The minimum absolute atomic E-state index is 0.196. The number of benzene rings is 1. The van der Waals surface area contributed by atoms with Crippen LogP contribution in [0.4, 0.5) is 17.3 Å². The first-order valence-electron chi connectivity index (χ1n) is 7.55. The lowest BCUT2D eigenvalue weighted by molar-refractivity contribution is -0.716. The van der Waals surface area contributed by atoms with E-state index in [1.165, 1.54) is 0 Å². The molecule has 11 heteroatoms. The fourth-order valence-corrected chi connectivity index (χ4v) is 2.45. The summed E-state index contributed by atoms with van der Waals surface area (Å²) in [6.45, 7) is 2.64. The van der Waals surface area contributed by atoms with Crippen molar-refractivity contribution in [2.75, 3.05) is 24.6 Å². The summed E-state index contributed by atoms with van der Waals surface area (Å²) in [6, 6.07) is 7.27. The smallest absolute Gasteiger partial charge is 0.441 e. The molecule has 0 spiro atoms. The highest BCUT2D eigenvalue weighted by molar-refractivity contribution is 7.80. The molecule has 0 unspecified atom stereocenters. The van der Waals surface area contributed by atoms with Crippen LogP contribution in [0.1, 0.15) is 6.92 Å². The van der Waals surface area contributed by atoms with Gasteiger partial charge in [0.05, 0.1) is 20.7 Å². The number of hydrogen-bond acceptors (Lipinski definition) is 8. The van der Waals surface area contributed by atoms with Gasteiger partial charge in [0.1, 0.15) is 5.69 Å². The van der Waals surface area contributed by atoms with Gasteiger partial charge in [0.2, 0.25) is 10.4 Å². The monoisotopic (exact) mass is 368 g/mol. The maximum absolute atomic E-state index is 10.5. The van der Waals surface area contributed by atoms with Crippen LogP contribution in [-0.4, -0.2) is 42.3 Å². The summed E-state index contributed by atoms with van der Waals surface area (Å²) in [7, 11) is -1.06. The van der Waals surface area contributed by atoms with Crippen molar-refractivity contribution >= 4 is 27.7 Å². The normalized spacial score (nSPS) is 12.0. The van der Waals surface area contributed by atoms with Crippen molar-refractivity contribution in [3.05, 3.63) is 30.6 Å². The largest absolute Gasteiger partial charge is 0.726 e. The third-order valence-corrected chi connectivity index (χ3v) is 3.90. The van der Waals surface area contributed by atoms with Gasteiger partial charge in [-0.2, -0.15) is 0 Å². The summed E-state index contributed by atoms with van der Waals surface area (Å²) < 4.78 is 39.0. The summed E-state index contributed by atoms with van der Waals surface area (Å²) in [4.78, 5) is 1.88.